The first kappa shape index (κ1) is 18.2. The number of amides is 1. The molecule has 2 saturated heterocycles. The van der Waals surface area contributed by atoms with E-state index in [4.69, 9.17) is 14.2 Å². The number of benzene rings is 1. The molecule has 2 aliphatic heterocycles. The maximum atomic E-state index is 12.4. The van der Waals surface area contributed by atoms with Crippen molar-refractivity contribution in [3.05, 3.63) is 29.8 Å². The fourth-order valence-corrected chi connectivity index (χ4v) is 3.61. The van der Waals surface area contributed by atoms with Gasteiger partial charge in [0.05, 0.1) is 26.9 Å². The number of morpholine rings is 1. The van der Waals surface area contributed by atoms with Gasteiger partial charge in [-0.1, -0.05) is 19.1 Å². The number of carbonyl (C=O) groups excluding carboxylic acids is 1. The zero-order valence-electron chi connectivity index (χ0n) is 15.1. The lowest BCUT2D eigenvalue weighted by atomic mass is 10.0. The molecule has 0 bridgehead atoms. The van der Waals surface area contributed by atoms with E-state index in [-0.39, 0.29) is 12.5 Å². The van der Waals surface area contributed by atoms with E-state index in [0.29, 0.717) is 18.6 Å². The fraction of sp³-hybridized carbons (Fsp3) is 0.632. The number of rotatable bonds is 6. The van der Waals surface area contributed by atoms with Crippen LogP contribution in [0, 0.1) is 5.92 Å². The van der Waals surface area contributed by atoms with Gasteiger partial charge in [-0.25, -0.2) is 0 Å². The number of carbonyl (C=O) groups is 1. The van der Waals surface area contributed by atoms with Gasteiger partial charge in [0, 0.05) is 32.2 Å². The Balaban J connectivity index is 1.43. The highest BCUT2D eigenvalue weighted by Crippen LogP contribution is 2.23. The van der Waals surface area contributed by atoms with Crippen molar-refractivity contribution < 1.29 is 19.0 Å². The van der Waals surface area contributed by atoms with Crippen molar-refractivity contribution in [2.45, 2.75) is 19.6 Å². The van der Waals surface area contributed by atoms with Crippen molar-refractivity contribution >= 4 is 5.91 Å². The highest BCUT2D eigenvalue weighted by molar-refractivity contribution is 5.77. The molecule has 0 spiro atoms. The molecule has 0 saturated carbocycles. The number of hydrogen-bond acceptors (Lipinski definition) is 5. The van der Waals surface area contributed by atoms with Gasteiger partial charge in [0.25, 0.3) is 0 Å². The zero-order valence-corrected chi connectivity index (χ0v) is 15.1. The summed E-state index contributed by atoms with van der Waals surface area (Å²) < 4.78 is 16.2. The summed E-state index contributed by atoms with van der Waals surface area (Å²) in [7, 11) is 1.64. The minimum absolute atomic E-state index is 0.0797. The Labute approximate surface area is 149 Å². The van der Waals surface area contributed by atoms with E-state index in [0.717, 1.165) is 50.7 Å². The van der Waals surface area contributed by atoms with E-state index in [1.54, 1.807) is 7.11 Å². The standard InChI is InChI=1S/C19H28N2O4/c1-15-11-21(12-18(15)20-7-9-24-10-8-20)19(22)14-25-13-16-3-5-17(23-2)6-4-16/h3-6,15,18H,7-14H2,1-2H3. The summed E-state index contributed by atoms with van der Waals surface area (Å²) in [5.41, 5.74) is 1.04. The van der Waals surface area contributed by atoms with Crippen molar-refractivity contribution in [3.8, 4) is 5.75 Å². The molecule has 0 N–H and O–H groups in total. The molecule has 2 unspecified atom stereocenters. The Kier molecular flexibility index (Phi) is 6.29. The normalized spacial score (nSPS) is 24.5. The summed E-state index contributed by atoms with van der Waals surface area (Å²) in [4.78, 5) is 16.8. The molecule has 0 radical (unpaired) electrons. The molecule has 2 heterocycles. The predicted molar refractivity (Wildman–Crippen MR) is 94.6 cm³/mol. The summed E-state index contributed by atoms with van der Waals surface area (Å²) in [5, 5.41) is 0. The molecule has 3 rings (SSSR count). The average Bonchev–Trinajstić information content (AvgIpc) is 3.05. The topological polar surface area (TPSA) is 51.2 Å². The number of hydrogen-bond donors (Lipinski definition) is 0. The minimum atomic E-state index is 0.0797. The molecule has 6 heteroatoms. The van der Waals surface area contributed by atoms with Crippen LogP contribution in [0.4, 0.5) is 0 Å². The number of methoxy groups -OCH3 is 1. The molecule has 2 aliphatic rings. The molecule has 138 valence electrons. The van der Waals surface area contributed by atoms with E-state index in [1.165, 1.54) is 0 Å². The third-order valence-electron chi connectivity index (χ3n) is 5.09. The van der Waals surface area contributed by atoms with Crippen molar-refractivity contribution in [3.63, 3.8) is 0 Å². The van der Waals surface area contributed by atoms with E-state index < -0.39 is 0 Å². The molecular weight excluding hydrogens is 320 g/mol. The van der Waals surface area contributed by atoms with E-state index in [2.05, 4.69) is 11.8 Å². The van der Waals surface area contributed by atoms with Gasteiger partial charge in [0.15, 0.2) is 0 Å². The van der Waals surface area contributed by atoms with Crippen LogP contribution in [-0.4, -0.2) is 74.9 Å². The average molecular weight is 348 g/mol. The van der Waals surface area contributed by atoms with Gasteiger partial charge in [-0.05, 0) is 23.6 Å². The van der Waals surface area contributed by atoms with Crippen LogP contribution in [0.15, 0.2) is 24.3 Å². The van der Waals surface area contributed by atoms with Crippen molar-refractivity contribution in [1.82, 2.24) is 9.80 Å². The van der Waals surface area contributed by atoms with Crippen LogP contribution in [0.25, 0.3) is 0 Å². The Morgan fingerprint density at radius 1 is 1.20 bits per heavy atom. The number of nitrogens with zero attached hydrogens (tertiary/aromatic N) is 2. The maximum Gasteiger partial charge on any atom is 0.248 e. The van der Waals surface area contributed by atoms with Gasteiger partial charge in [0.2, 0.25) is 5.91 Å². The van der Waals surface area contributed by atoms with E-state index in [9.17, 15) is 4.79 Å². The largest absolute Gasteiger partial charge is 0.497 e. The van der Waals surface area contributed by atoms with Gasteiger partial charge in [-0.3, -0.25) is 9.69 Å². The van der Waals surface area contributed by atoms with Crippen LogP contribution in [-0.2, 0) is 20.9 Å². The molecule has 6 nitrogen and oxygen atoms in total. The quantitative estimate of drug-likeness (QED) is 0.778. The molecular formula is C19H28N2O4. The third-order valence-corrected chi connectivity index (χ3v) is 5.09. The molecule has 2 atom stereocenters. The SMILES string of the molecule is COc1ccc(COCC(=O)N2CC(C)C(N3CCOCC3)C2)cc1. The Morgan fingerprint density at radius 2 is 1.92 bits per heavy atom. The first-order chi connectivity index (χ1) is 12.2. The first-order valence-electron chi connectivity index (χ1n) is 8.97. The third kappa shape index (κ3) is 4.71. The second-order valence-electron chi connectivity index (χ2n) is 6.83. The molecule has 25 heavy (non-hydrogen) atoms. The highest BCUT2D eigenvalue weighted by Gasteiger charge is 2.36. The van der Waals surface area contributed by atoms with Crippen molar-refractivity contribution in [2.75, 3.05) is 53.1 Å². The molecule has 0 aromatic heterocycles. The Hall–Kier alpha value is -1.63. The van der Waals surface area contributed by atoms with E-state index in [1.807, 2.05) is 29.2 Å². The van der Waals surface area contributed by atoms with Crippen molar-refractivity contribution in [1.29, 1.82) is 0 Å². The number of likely N-dealkylation sites (tertiary alicyclic amines) is 1. The fourth-order valence-electron chi connectivity index (χ4n) is 3.61. The summed E-state index contributed by atoms with van der Waals surface area (Å²) in [5.74, 6) is 1.39. The Bertz CT molecular complexity index is 557. The van der Waals surface area contributed by atoms with Gasteiger partial charge >= 0.3 is 0 Å². The molecule has 0 aliphatic carbocycles. The lowest BCUT2D eigenvalue weighted by Crippen LogP contribution is -2.47. The van der Waals surface area contributed by atoms with Crippen LogP contribution < -0.4 is 4.74 Å². The van der Waals surface area contributed by atoms with Gasteiger partial charge < -0.3 is 19.1 Å². The summed E-state index contributed by atoms with van der Waals surface area (Å²) in [6.45, 7) is 7.92. The maximum absolute atomic E-state index is 12.4. The first-order valence-corrected chi connectivity index (χ1v) is 8.97. The molecule has 1 aromatic carbocycles. The second kappa shape index (κ2) is 8.65. The molecule has 1 aromatic rings. The second-order valence-corrected chi connectivity index (χ2v) is 6.83. The molecule has 1 amide bonds. The minimum Gasteiger partial charge on any atom is -0.497 e. The highest BCUT2D eigenvalue weighted by atomic mass is 16.5. The van der Waals surface area contributed by atoms with Gasteiger partial charge in [0.1, 0.15) is 12.4 Å². The van der Waals surface area contributed by atoms with Crippen LogP contribution in [0.1, 0.15) is 12.5 Å². The van der Waals surface area contributed by atoms with Crippen LogP contribution in [0.5, 0.6) is 5.75 Å². The Morgan fingerprint density at radius 3 is 2.60 bits per heavy atom. The summed E-state index contributed by atoms with van der Waals surface area (Å²) >= 11 is 0. The number of ether oxygens (including phenoxy) is 3. The van der Waals surface area contributed by atoms with Crippen LogP contribution in [0.2, 0.25) is 0 Å². The van der Waals surface area contributed by atoms with Gasteiger partial charge in [-0.2, -0.15) is 0 Å². The lowest BCUT2D eigenvalue weighted by Gasteiger charge is -2.33. The monoisotopic (exact) mass is 348 g/mol. The smallest absolute Gasteiger partial charge is 0.248 e. The summed E-state index contributed by atoms with van der Waals surface area (Å²) in [6.07, 6.45) is 0. The van der Waals surface area contributed by atoms with E-state index >= 15 is 0 Å². The molecule has 2 fully saturated rings. The lowest BCUT2D eigenvalue weighted by molar-refractivity contribution is -0.135. The van der Waals surface area contributed by atoms with Crippen LogP contribution >= 0.6 is 0 Å². The predicted octanol–water partition coefficient (Wildman–Crippen LogP) is 1.39. The van der Waals surface area contributed by atoms with Crippen LogP contribution in [0.3, 0.4) is 0 Å². The van der Waals surface area contributed by atoms with Crippen molar-refractivity contribution in [2.24, 2.45) is 5.92 Å². The zero-order chi connectivity index (χ0) is 17.6. The summed E-state index contributed by atoms with van der Waals surface area (Å²) in [6, 6.07) is 8.14. The van der Waals surface area contributed by atoms with Gasteiger partial charge in [-0.15, -0.1) is 0 Å².